The van der Waals surface area contributed by atoms with E-state index >= 15 is 0 Å². The zero-order valence-corrected chi connectivity index (χ0v) is 16.5. The molecule has 5 heteroatoms. The quantitative estimate of drug-likeness (QED) is 0.491. The molecule has 4 aromatic rings. The summed E-state index contributed by atoms with van der Waals surface area (Å²) < 4.78 is 1.85. The summed E-state index contributed by atoms with van der Waals surface area (Å²) in [4.78, 5) is 12.4. The van der Waals surface area contributed by atoms with Gasteiger partial charge in [0, 0.05) is 28.9 Å². The van der Waals surface area contributed by atoms with E-state index in [0.717, 1.165) is 28.1 Å². The fourth-order valence-electron chi connectivity index (χ4n) is 3.14. The maximum Gasteiger partial charge on any atom is 0.224 e. The van der Waals surface area contributed by atoms with Crippen molar-refractivity contribution in [1.29, 1.82) is 0 Å². The molecule has 0 aliphatic carbocycles. The van der Waals surface area contributed by atoms with Gasteiger partial charge in [-0.15, -0.1) is 0 Å². The van der Waals surface area contributed by atoms with Crippen molar-refractivity contribution >= 4 is 17.5 Å². The average molecular weight is 402 g/mol. The number of nitrogens with one attached hydrogen (secondary N) is 1. The molecule has 0 fully saturated rings. The smallest absolute Gasteiger partial charge is 0.224 e. The zero-order valence-electron chi connectivity index (χ0n) is 15.8. The van der Waals surface area contributed by atoms with Crippen LogP contribution in [0, 0.1) is 0 Å². The van der Waals surface area contributed by atoms with Gasteiger partial charge in [-0.3, -0.25) is 4.79 Å². The SMILES string of the molecule is O=C(Cc1ccc(Cl)cc1)NCc1cn(-c2ccccc2)nc1-c1ccccc1. The number of para-hydroxylation sites is 1. The second-order valence-electron chi connectivity index (χ2n) is 6.73. The Hall–Kier alpha value is -3.37. The third kappa shape index (κ3) is 4.73. The van der Waals surface area contributed by atoms with Crippen LogP contribution in [0.5, 0.6) is 0 Å². The lowest BCUT2D eigenvalue weighted by atomic mass is 10.1. The first kappa shape index (κ1) is 19.0. The Bertz CT molecular complexity index is 1090. The van der Waals surface area contributed by atoms with E-state index in [1.807, 2.05) is 83.7 Å². The van der Waals surface area contributed by atoms with Gasteiger partial charge in [-0.2, -0.15) is 5.10 Å². The molecular weight excluding hydrogens is 382 g/mol. The number of halogens is 1. The van der Waals surface area contributed by atoms with E-state index in [1.54, 1.807) is 12.1 Å². The molecule has 0 atom stereocenters. The molecule has 1 aromatic heterocycles. The molecule has 29 heavy (non-hydrogen) atoms. The Morgan fingerprint density at radius 3 is 2.24 bits per heavy atom. The highest BCUT2D eigenvalue weighted by molar-refractivity contribution is 6.30. The van der Waals surface area contributed by atoms with Crippen molar-refractivity contribution in [2.75, 3.05) is 0 Å². The van der Waals surface area contributed by atoms with Crippen molar-refractivity contribution in [3.63, 3.8) is 0 Å². The van der Waals surface area contributed by atoms with E-state index in [2.05, 4.69) is 5.32 Å². The van der Waals surface area contributed by atoms with Gasteiger partial charge in [-0.1, -0.05) is 72.3 Å². The summed E-state index contributed by atoms with van der Waals surface area (Å²) in [6.45, 7) is 0.406. The van der Waals surface area contributed by atoms with Gasteiger partial charge < -0.3 is 5.32 Å². The van der Waals surface area contributed by atoms with Crippen molar-refractivity contribution in [1.82, 2.24) is 15.1 Å². The highest BCUT2D eigenvalue weighted by atomic mass is 35.5. The van der Waals surface area contributed by atoms with Gasteiger partial charge in [0.2, 0.25) is 5.91 Å². The average Bonchev–Trinajstić information content (AvgIpc) is 3.20. The Morgan fingerprint density at radius 1 is 0.897 bits per heavy atom. The lowest BCUT2D eigenvalue weighted by Gasteiger charge is -2.06. The monoisotopic (exact) mass is 401 g/mol. The molecule has 4 nitrogen and oxygen atoms in total. The van der Waals surface area contributed by atoms with Crippen LogP contribution in [0.2, 0.25) is 5.02 Å². The Morgan fingerprint density at radius 2 is 1.55 bits per heavy atom. The summed E-state index contributed by atoms with van der Waals surface area (Å²) in [7, 11) is 0. The molecule has 0 saturated carbocycles. The summed E-state index contributed by atoms with van der Waals surface area (Å²) in [6, 6.07) is 27.3. The van der Waals surface area contributed by atoms with Crippen molar-refractivity contribution in [3.05, 3.63) is 107 Å². The molecule has 0 unspecified atom stereocenters. The number of carbonyl (C=O) groups excluding carboxylic acids is 1. The normalized spacial score (nSPS) is 10.7. The number of hydrogen-bond acceptors (Lipinski definition) is 2. The zero-order chi connectivity index (χ0) is 20.1. The van der Waals surface area contributed by atoms with Gasteiger partial charge in [0.25, 0.3) is 0 Å². The van der Waals surface area contributed by atoms with Crippen LogP contribution in [0.3, 0.4) is 0 Å². The maximum absolute atomic E-state index is 12.4. The van der Waals surface area contributed by atoms with Crippen LogP contribution >= 0.6 is 11.6 Å². The molecule has 1 amide bonds. The van der Waals surface area contributed by atoms with Crippen LogP contribution in [0.15, 0.2) is 91.1 Å². The molecule has 4 rings (SSSR count). The van der Waals surface area contributed by atoms with Gasteiger partial charge in [-0.05, 0) is 29.8 Å². The van der Waals surface area contributed by atoms with E-state index in [1.165, 1.54) is 0 Å². The topological polar surface area (TPSA) is 46.9 Å². The molecule has 0 bridgehead atoms. The fourth-order valence-corrected chi connectivity index (χ4v) is 3.26. The molecule has 1 N–H and O–H groups in total. The second kappa shape index (κ2) is 8.76. The molecule has 0 radical (unpaired) electrons. The maximum atomic E-state index is 12.4. The summed E-state index contributed by atoms with van der Waals surface area (Å²) in [5, 5.41) is 8.45. The minimum Gasteiger partial charge on any atom is -0.352 e. The van der Waals surface area contributed by atoms with Gasteiger partial charge in [0.05, 0.1) is 17.8 Å². The summed E-state index contributed by atoms with van der Waals surface area (Å²) in [5.41, 5.74) is 4.74. The first-order valence-corrected chi connectivity index (χ1v) is 9.77. The van der Waals surface area contributed by atoms with Crippen LogP contribution in [0.4, 0.5) is 0 Å². The van der Waals surface area contributed by atoms with E-state index < -0.39 is 0 Å². The van der Waals surface area contributed by atoms with Crippen LogP contribution in [-0.4, -0.2) is 15.7 Å². The second-order valence-corrected chi connectivity index (χ2v) is 7.17. The number of rotatable bonds is 6. The summed E-state index contributed by atoms with van der Waals surface area (Å²) in [5.74, 6) is -0.0428. The van der Waals surface area contributed by atoms with E-state index in [-0.39, 0.29) is 5.91 Å². The highest BCUT2D eigenvalue weighted by Gasteiger charge is 2.13. The van der Waals surface area contributed by atoms with Gasteiger partial charge in [-0.25, -0.2) is 4.68 Å². The number of hydrogen-bond donors (Lipinski definition) is 1. The fraction of sp³-hybridized carbons (Fsp3) is 0.0833. The van der Waals surface area contributed by atoms with Crippen LogP contribution in [0.25, 0.3) is 16.9 Å². The minimum absolute atomic E-state index is 0.0428. The lowest BCUT2D eigenvalue weighted by molar-refractivity contribution is -0.120. The van der Waals surface area contributed by atoms with Crippen LogP contribution < -0.4 is 5.32 Å². The van der Waals surface area contributed by atoms with Crippen molar-refractivity contribution < 1.29 is 4.79 Å². The van der Waals surface area contributed by atoms with Crippen LogP contribution in [0.1, 0.15) is 11.1 Å². The number of nitrogens with zero attached hydrogens (tertiary/aromatic N) is 2. The Kier molecular flexibility index (Phi) is 5.73. The predicted octanol–water partition coefficient (Wildman–Crippen LogP) is 5.05. The Balaban J connectivity index is 1.54. The Labute approximate surface area is 174 Å². The van der Waals surface area contributed by atoms with Crippen LogP contribution in [-0.2, 0) is 17.8 Å². The molecule has 144 valence electrons. The minimum atomic E-state index is -0.0428. The first-order chi connectivity index (χ1) is 14.2. The number of carbonyl (C=O) groups is 1. The molecule has 0 saturated heterocycles. The molecule has 0 spiro atoms. The van der Waals surface area contributed by atoms with E-state index in [4.69, 9.17) is 16.7 Å². The summed E-state index contributed by atoms with van der Waals surface area (Å²) in [6.07, 6.45) is 2.28. The van der Waals surface area contributed by atoms with Gasteiger partial charge in [0.1, 0.15) is 0 Å². The van der Waals surface area contributed by atoms with Crippen molar-refractivity contribution in [3.8, 4) is 16.9 Å². The molecule has 3 aromatic carbocycles. The molecular formula is C24H20ClN3O. The van der Waals surface area contributed by atoms with Gasteiger partial charge in [0.15, 0.2) is 0 Å². The first-order valence-electron chi connectivity index (χ1n) is 9.39. The van der Waals surface area contributed by atoms with E-state index in [9.17, 15) is 4.79 Å². The third-order valence-electron chi connectivity index (χ3n) is 4.61. The molecule has 1 heterocycles. The number of aromatic nitrogens is 2. The van der Waals surface area contributed by atoms with Crippen molar-refractivity contribution in [2.45, 2.75) is 13.0 Å². The standard InChI is InChI=1S/C24H20ClN3O/c25-21-13-11-18(12-14-21)15-23(29)26-16-20-17-28(22-9-5-2-6-10-22)27-24(20)19-7-3-1-4-8-19/h1-14,17H,15-16H2,(H,26,29). The number of amides is 1. The van der Waals surface area contributed by atoms with E-state index in [0.29, 0.717) is 18.0 Å². The highest BCUT2D eigenvalue weighted by Crippen LogP contribution is 2.23. The third-order valence-corrected chi connectivity index (χ3v) is 4.86. The van der Waals surface area contributed by atoms with Gasteiger partial charge >= 0.3 is 0 Å². The number of benzene rings is 3. The molecule has 0 aliphatic heterocycles. The predicted molar refractivity (Wildman–Crippen MR) is 116 cm³/mol. The lowest BCUT2D eigenvalue weighted by Crippen LogP contribution is -2.24. The van der Waals surface area contributed by atoms with Crippen molar-refractivity contribution in [2.24, 2.45) is 0 Å². The molecule has 0 aliphatic rings. The largest absolute Gasteiger partial charge is 0.352 e. The summed E-state index contributed by atoms with van der Waals surface area (Å²) >= 11 is 5.91.